The molecule has 0 fully saturated rings. The van der Waals surface area contributed by atoms with Crippen LogP contribution in [0.5, 0.6) is 0 Å². The Bertz CT molecular complexity index is 693. The zero-order valence-electron chi connectivity index (χ0n) is 11.6. The third-order valence-corrected chi connectivity index (χ3v) is 6.62. The zero-order valence-corrected chi connectivity index (χ0v) is 12.8. The Morgan fingerprint density at radius 1 is 0.500 bits per heavy atom. The summed E-state index contributed by atoms with van der Waals surface area (Å²) in [6.45, 7) is 0. The molecular formula is C18H12AlF3. The molecule has 108 valence electrons. The first-order chi connectivity index (χ1) is 10.6. The van der Waals surface area contributed by atoms with Crippen molar-refractivity contribution in [1.82, 2.24) is 0 Å². The van der Waals surface area contributed by atoms with Crippen LogP contribution in [0.2, 0.25) is 0 Å². The fourth-order valence-corrected chi connectivity index (χ4v) is 5.68. The van der Waals surface area contributed by atoms with Crippen LogP contribution < -0.4 is 13.3 Å². The molecule has 0 bridgehead atoms. The van der Waals surface area contributed by atoms with Crippen LogP contribution in [0, 0.1) is 17.5 Å². The second-order valence-corrected chi connectivity index (χ2v) is 7.96. The summed E-state index contributed by atoms with van der Waals surface area (Å²) in [5.41, 5.74) is 0. The van der Waals surface area contributed by atoms with Gasteiger partial charge in [0.15, 0.2) is 0 Å². The molecule has 22 heavy (non-hydrogen) atoms. The molecule has 0 aromatic heterocycles. The highest BCUT2D eigenvalue weighted by Crippen LogP contribution is 2.02. The fourth-order valence-electron chi connectivity index (χ4n) is 2.64. The molecule has 0 unspecified atom stereocenters. The highest BCUT2D eigenvalue weighted by molar-refractivity contribution is 6.95. The molecular weight excluding hydrogens is 300 g/mol. The van der Waals surface area contributed by atoms with Gasteiger partial charge in [-0.2, -0.15) is 0 Å². The van der Waals surface area contributed by atoms with Crippen LogP contribution in [-0.4, -0.2) is 14.1 Å². The van der Waals surface area contributed by atoms with E-state index < -0.39 is 14.1 Å². The van der Waals surface area contributed by atoms with E-state index >= 15 is 0 Å². The van der Waals surface area contributed by atoms with E-state index in [1.807, 2.05) is 18.2 Å². The molecule has 0 amide bonds. The number of hydrogen-bond donors (Lipinski definition) is 0. The Labute approximate surface area is 131 Å². The normalized spacial score (nSPS) is 10.5. The van der Waals surface area contributed by atoms with E-state index in [4.69, 9.17) is 0 Å². The van der Waals surface area contributed by atoms with Gasteiger partial charge in [0.1, 0.15) is 17.5 Å². The highest BCUT2D eigenvalue weighted by atomic mass is 27.2. The van der Waals surface area contributed by atoms with E-state index in [0.717, 1.165) is 13.3 Å². The van der Waals surface area contributed by atoms with Crippen molar-refractivity contribution in [3.05, 3.63) is 90.2 Å². The third kappa shape index (κ3) is 3.24. The largest absolute Gasteiger partial charge is 0.383 e. The van der Waals surface area contributed by atoms with Crippen molar-refractivity contribution in [3.63, 3.8) is 0 Å². The molecule has 3 rings (SSSR count). The van der Waals surface area contributed by atoms with Gasteiger partial charge in [0.05, 0.1) is 0 Å². The van der Waals surface area contributed by atoms with Crippen LogP contribution in [0.3, 0.4) is 0 Å². The molecule has 0 saturated carbocycles. The van der Waals surface area contributed by atoms with Crippen molar-refractivity contribution in [3.8, 4) is 0 Å². The van der Waals surface area contributed by atoms with Crippen LogP contribution in [0.4, 0.5) is 13.2 Å². The summed E-state index contributed by atoms with van der Waals surface area (Å²) in [6, 6.07) is 18.8. The monoisotopic (exact) mass is 312 g/mol. The van der Waals surface area contributed by atoms with Crippen LogP contribution in [-0.2, 0) is 0 Å². The second kappa shape index (κ2) is 6.39. The second-order valence-electron chi connectivity index (χ2n) is 5.10. The average Bonchev–Trinajstić information content (AvgIpc) is 2.48. The van der Waals surface area contributed by atoms with E-state index in [-0.39, 0.29) is 17.5 Å². The third-order valence-electron chi connectivity index (χ3n) is 3.55. The summed E-state index contributed by atoms with van der Waals surface area (Å²) >= 11 is -2.11. The van der Waals surface area contributed by atoms with Crippen molar-refractivity contribution in [2.24, 2.45) is 0 Å². The van der Waals surface area contributed by atoms with E-state index in [1.165, 1.54) is 36.4 Å². The van der Waals surface area contributed by atoms with E-state index in [0.29, 0.717) is 0 Å². The van der Waals surface area contributed by atoms with Gasteiger partial charge in [-0.25, -0.2) is 13.2 Å². The number of halogens is 3. The molecule has 0 spiro atoms. The van der Waals surface area contributed by atoms with Crippen molar-refractivity contribution < 1.29 is 13.2 Å². The highest BCUT2D eigenvalue weighted by Gasteiger charge is 2.26. The first-order valence-electron chi connectivity index (χ1n) is 6.90. The molecule has 3 aromatic carbocycles. The van der Waals surface area contributed by atoms with Crippen LogP contribution in [0.15, 0.2) is 72.8 Å². The minimum absolute atomic E-state index is 0.345. The predicted octanol–water partition coefficient (Wildman–Crippen LogP) is 2.62. The predicted molar refractivity (Wildman–Crippen MR) is 83.9 cm³/mol. The van der Waals surface area contributed by atoms with E-state index in [2.05, 4.69) is 0 Å². The summed E-state index contributed by atoms with van der Waals surface area (Å²) in [4.78, 5) is 0. The summed E-state index contributed by atoms with van der Waals surface area (Å²) in [6.07, 6.45) is 0. The molecule has 0 radical (unpaired) electrons. The standard InChI is InChI=1S/3C6H4F.Al/c3*7-6-4-2-1-3-5-6;/h3*1-2,4-5H;. The summed E-state index contributed by atoms with van der Waals surface area (Å²) in [7, 11) is 0. The summed E-state index contributed by atoms with van der Waals surface area (Å²) < 4.78 is 43.1. The Morgan fingerprint density at radius 2 is 0.818 bits per heavy atom. The molecule has 0 aliphatic rings. The quantitative estimate of drug-likeness (QED) is 0.652. The lowest BCUT2D eigenvalue weighted by molar-refractivity contribution is 0.629. The molecule has 0 atom stereocenters. The molecule has 3 aromatic rings. The van der Waals surface area contributed by atoms with Gasteiger partial charge in [-0.1, -0.05) is 49.7 Å². The summed E-state index contributed by atoms with van der Waals surface area (Å²) in [5, 5.41) is 0. The van der Waals surface area contributed by atoms with Crippen molar-refractivity contribution >= 4 is 27.4 Å². The number of rotatable bonds is 3. The molecule has 0 aliphatic heterocycles. The maximum absolute atomic E-state index is 13.6. The van der Waals surface area contributed by atoms with Gasteiger partial charge >= 0.3 is 14.1 Å². The fraction of sp³-hybridized carbons (Fsp3) is 0. The maximum atomic E-state index is 13.6. The Balaban J connectivity index is 2.18. The minimum atomic E-state index is -2.11. The van der Waals surface area contributed by atoms with Gasteiger partial charge < -0.3 is 0 Å². The topological polar surface area (TPSA) is 0 Å². The van der Waals surface area contributed by atoms with Gasteiger partial charge in [-0.05, 0) is 36.4 Å². The SMILES string of the molecule is Fc1ccc[c]([Al]([c]2cccc(F)c2)[c]2cccc(F)c2)c1. The van der Waals surface area contributed by atoms with Gasteiger partial charge in [0, 0.05) is 0 Å². The molecule has 0 heterocycles. The smallest absolute Gasteiger partial charge is 0.207 e. The van der Waals surface area contributed by atoms with Gasteiger partial charge in [0.2, 0.25) is 0 Å². The van der Waals surface area contributed by atoms with Gasteiger partial charge in [-0.15, -0.1) is 0 Å². The van der Waals surface area contributed by atoms with Gasteiger partial charge in [-0.3, -0.25) is 0 Å². The number of benzene rings is 3. The Morgan fingerprint density at radius 3 is 1.09 bits per heavy atom. The Hall–Kier alpha value is -2.02. The van der Waals surface area contributed by atoms with Crippen molar-refractivity contribution in [2.75, 3.05) is 0 Å². The lowest BCUT2D eigenvalue weighted by Gasteiger charge is -2.14. The first kappa shape index (κ1) is 14.9. The zero-order chi connectivity index (χ0) is 15.5. The minimum Gasteiger partial charge on any atom is -0.207 e. The maximum Gasteiger partial charge on any atom is 0.383 e. The molecule has 0 N–H and O–H groups in total. The molecule has 0 saturated heterocycles. The summed E-state index contributed by atoms with van der Waals surface area (Å²) in [5.74, 6) is -1.03. The van der Waals surface area contributed by atoms with Gasteiger partial charge in [0.25, 0.3) is 0 Å². The molecule has 0 nitrogen and oxygen atoms in total. The molecule has 4 heteroatoms. The Kier molecular flexibility index (Phi) is 4.33. The van der Waals surface area contributed by atoms with Crippen molar-refractivity contribution in [1.29, 1.82) is 0 Å². The van der Waals surface area contributed by atoms with Crippen LogP contribution in [0.25, 0.3) is 0 Å². The van der Waals surface area contributed by atoms with E-state index in [1.54, 1.807) is 18.2 Å². The molecule has 0 aliphatic carbocycles. The lowest BCUT2D eigenvalue weighted by Crippen LogP contribution is -2.52. The average molecular weight is 312 g/mol. The lowest BCUT2D eigenvalue weighted by atomic mass is 10.3. The van der Waals surface area contributed by atoms with E-state index in [9.17, 15) is 13.2 Å². The van der Waals surface area contributed by atoms with Crippen molar-refractivity contribution in [2.45, 2.75) is 0 Å². The number of hydrogen-bond acceptors (Lipinski definition) is 0. The first-order valence-corrected chi connectivity index (χ1v) is 8.63. The van der Waals surface area contributed by atoms with Crippen LogP contribution >= 0.6 is 0 Å². The van der Waals surface area contributed by atoms with Crippen LogP contribution in [0.1, 0.15) is 0 Å².